The summed E-state index contributed by atoms with van der Waals surface area (Å²) in [5.74, 6) is -1.24. The van der Waals surface area contributed by atoms with Crippen LogP contribution in [-0.4, -0.2) is 106 Å². The number of hydrogen-bond donors (Lipinski definition) is 6. The first-order valence-electron chi connectivity index (χ1n) is 11.1. The Hall–Kier alpha value is -1.79. The summed E-state index contributed by atoms with van der Waals surface area (Å²) >= 11 is 0. The highest BCUT2D eigenvalue weighted by Gasteiger charge is 2.48. The molecule has 1 aromatic rings. The molecule has 10 heteroatoms. The summed E-state index contributed by atoms with van der Waals surface area (Å²) in [5, 5.41) is 57.3. The molecule has 1 saturated carbocycles. The third-order valence-corrected chi connectivity index (χ3v) is 6.26. The van der Waals surface area contributed by atoms with E-state index in [0.717, 1.165) is 44.8 Å². The van der Waals surface area contributed by atoms with Crippen LogP contribution in [0.2, 0.25) is 0 Å². The van der Waals surface area contributed by atoms with E-state index >= 15 is 0 Å². The quantitative estimate of drug-likeness (QED) is 0.317. The predicted molar refractivity (Wildman–Crippen MR) is 119 cm³/mol. The smallest absolute Gasteiger partial charge is 0.335 e. The van der Waals surface area contributed by atoms with Crippen LogP contribution in [0.3, 0.4) is 0 Å². The summed E-state index contributed by atoms with van der Waals surface area (Å²) in [6.07, 6.45) is -3.64. The Morgan fingerprint density at radius 2 is 1.64 bits per heavy atom. The highest BCUT2D eigenvalue weighted by Crippen LogP contribution is 2.40. The van der Waals surface area contributed by atoms with Crippen LogP contribution >= 0.6 is 0 Å². The highest BCUT2D eigenvalue weighted by molar-refractivity contribution is 5.73. The number of hydrogen-bond acceptors (Lipinski definition) is 9. The molecule has 0 amide bonds. The van der Waals surface area contributed by atoms with Gasteiger partial charge in [-0.25, -0.2) is 4.79 Å². The molecule has 0 radical (unpaired) electrons. The van der Waals surface area contributed by atoms with Crippen LogP contribution in [0.15, 0.2) is 24.3 Å². The van der Waals surface area contributed by atoms with Gasteiger partial charge in [0.05, 0.1) is 5.60 Å². The molecule has 0 bridgehead atoms. The van der Waals surface area contributed by atoms with E-state index in [1.807, 2.05) is 31.1 Å². The van der Waals surface area contributed by atoms with Gasteiger partial charge < -0.3 is 45.0 Å². The first kappa shape index (κ1) is 27.5. The van der Waals surface area contributed by atoms with E-state index < -0.39 is 42.3 Å². The SMILES string of the molecule is CN(C)CC(c1ccc(OC2OC(C(=O)O)C(O)C(O)C2O)cc1)C1(O)CCCCC1.CO. The van der Waals surface area contributed by atoms with E-state index in [0.29, 0.717) is 12.3 Å². The highest BCUT2D eigenvalue weighted by atomic mass is 16.7. The zero-order chi connectivity index (χ0) is 24.8. The molecule has 0 spiro atoms. The van der Waals surface area contributed by atoms with Gasteiger partial charge >= 0.3 is 5.97 Å². The van der Waals surface area contributed by atoms with Crippen LogP contribution in [0.1, 0.15) is 43.6 Å². The van der Waals surface area contributed by atoms with Crippen molar-refractivity contribution in [3.05, 3.63) is 29.8 Å². The zero-order valence-electron chi connectivity index (χ0n) is 19.4. The molecule has 2 fully saturated rings. The van der Waals surface area contributed by atoms with Crippen LogP contribution in [0.4, 0.5) is 0 Å². The van der Waals surface area contributed by atoms with Crippen molar-refractivity contribution in [1.29, 1.82) is 0 Å². The maximum Gasteiger partial charge on any atom is 0.335 e. The number of likely N-dealkylation sites (N-methyl/N-ethyl adjacent to an activating group) is 1. The molecule has 1 aromatic carbocycles. The van der Waals surface area contributed by atoms with Gasteiger partial charge in [-0.15, -0.1) is 0 Å². The molecule has 1 heterocycles. The minimum Gasteiger partial charge on any atom is -0.479 e. The number of carboxylic acid groups (broad SMARTS) is 1. The second kappa shape index (κ2) is 12.1. The Morgan fingerprint density at radius 3 is 2.15 bits per heavy atom. The Kier molecular flexibility index (Phi) is 10.0. The maximum absolute atomic E-state index is 11.3. The molecule has 188 valence electrons. The minimum absolute atomic E-state index is 0.0817. The van der Waals surface area contributed by atoms with Gasteiger partial charge in [0.1, 0.15) is 24.1 Å². The van der Waals surface area contributed by atoms with Crippen molar-refractivity contribution in [3.8, 4) is 5.75 Å². The maximum atomic E-state index is 11.3. The Balaban J connectivity index is 0.00000187. The van der Waals surface area contributed by atoms with E-state index in [1.54, 1.807) is 12.1 Å². The lowest BCUT2D eigenvalue weighted by Crippen LogP contribution is -2.61. The number of carboxylic acids is 1. The molecular weight excluding hydrogens is 434 g/mol. The minimum atomic E-state index is -1.77. The van der Waals surface area contributed by atoms with E-state index in [9.17, 15) is 25.2 Å². The molecule has 2 aliphatic rings. The lowest BCUT2D eigenvalue weighted by atomic mass is 9.72. The third kappa shape index (κ3) is 6.63. The Morgan fingerprint density at radius 1 is 1.06 bits per heavy atom. The molecule has 1 saturated heterocycles. The van der Waals surface area contributed by atoms with Crippen LogP contribution in [0, 0.1) is 0 Å². The van der Waals surface area contributed by atoms with Crippen molar-refractivity contribution in [3.63, 3.8) is 0 Å². The predicted octanol–water partition coefficient (Wildman–Crippen LogP) is -0.0935. The Bertz CT molecular complexity index is 736. The van der Waals surface area contributed by atoms with Gasteiger partial charge in [0, 0.05) is 19.6 Å². The van der Waals surface area contributed by atoms with Gasteiger partial charge in [-0.3, -0.25) is 0 Å². The zero-order valence-corrected chi connectivity index (χ0v) is 19.4. The molecule has 6 atom stereocenters. The summed E-state index contributed by atoms with van der Waals surface area (Å²) in [7, 11) is 4.94. The first-order valence-corrected chi connectivity index (χ1v) is 11.1. The average molecular weight is 472 g/mol. The number of rotatable bonds is 7. The van der Waals surface area contributed by atoms with Crippen molar-refractivity contribution in [2.45, 2.75) is 74.3 Å². The fourth-order valence-electron chi connectivity index (χ4n) is 4.53. The van der Waals surface area contributed by atoms with Gasteiger partial charge in [0.25, 0.3) is 0 Å². The molecule has 0 aromatic heterocycles. The summed E-state index contributed by atoms with van der Waals surface area (Å²) in [4.78, 5) is 13.3. The standard InChI is InChI=1S/C22H33NO8.CH4O/c1-23(2)12-15(22(29)10-4-3-5-11-22)13-6-8-14(9-7-13)30-21-18(26)16(24)17(25)19(31-21)20(27)28;1-2/h6-9,15-19,21,24-26,29H,3-5,10-12H2,1-2H3,(H,27,28);2H,1H3. The summed E-state index contributed by atoms with van der Waals surface area (Å²) in [5.41, 5.74) is 0.178. The number of benzene rings is 1. The van der Waals surface area contributed by atoms with Gasteiger partial charge in [-0.05, 0) is 44.6 Å². The van der Waals surface area contributed by atoms with Crippen molar-refractivity contribution in [1.82, 2.24) is 4.90 Å². The van der Waals surface area contributed by atoms with Crippen molar-refractivity contribution < 1.29 is 44.9 Å². The van der Waals surface area contributed by atoms with Crippen molar-refractivity contribution >= 4 is 5.97 Å². The fourth-order valence-corrected chi connectivity index (χ4v) is 4.53. The average Bonchev–Trinajstić information content (AvgIpc) is 2.80. The van der Waals surface area contributed by atoms with E-state index in [1.165, 1.54) is 0 Å². The van der Waals surface area contributed by atoms with Gasteiger partial charge in [0.15, 0.2) is 6.10 Å². The number of nitrogens with zero attached hydrogens (tertiary/aromatic N) is 1. The number of ether oxygens (including phenoxy) is 2. The second-order valence-corrected chi connectivity index (χ2v) is 8.90. The summed E-state index contributed by atoms with van der Waals surface area (Å²) < 4.78 is 10.7. The Labute approximate surface area is 194 Å². The van der Waals surface area contributed by atoms with Crippen LogP contribution in [-0.2, 0) is 9.53 Å². The molecule has 1 aliphatic heterocycles. The largest absolute Gasteiger partial charge is 0.479 e. The van der Waals surface area contributed by atoms with Crippen LogP contribution in [0.25, 0.3) is 0 Å². The van der Waals surface area contributed by atoms with E-state index in [-0.39, 0.29) is 5.92 Å². The summed E-state index contributed by atoms with van der Waals surface area (Å²) in [6.45, 7) is 0.686. The third-order valence-electron chi connectivity index (χ3n) is 6.26. The van der Waals surface area contributed by atoms with Gasteiger partial charge in [0.2, 0.25) is 6.29 Å². The lowest BCUT2D eigenvalue weighted by molar-refractivity contribution is -0.271. The second-order valence-electron chi connectivity index (χ2n) is 8.90. The number of aliphatic hydroxyl groups is 5. The van der Waals surface area contributed by atoms with E-state index in [2.05, 4.69) is 0 Å². The van der Waals surface area contributed by atoms with Gasteiger partial charge in [-0.1, -0.05) is 31.4 Å². The first-order chi connectivity index (χ1) is 15.6. The number of aliphatic hydroxyl groups excluding tert-OH is 4. The van der Waals surface area contributed by atoms with Gasteiger partial charge in [-0.2, -0.15) is 0 Å². The molecule has 10 nitrogen and oxygen atoms in total. The van der Waals surface area contributed by atoms with Crippen molar-refractivity contribution in [2.75, 3.05) is 27.7 Å². The normalized spacial score (nSPS) is 30.2. The van der Waals surface area contributed by atoms with Crippen LogP contribution < -0.4 is 4.74 Å². The topological polar surface area (TPSA) is 160 Å². The van der Waals surface area contributed by atoms with Crippen LogP contribution in [0.5, 0.6) is 5.75 Å². The molecule has 3 rings (SSSR count). The van der Waals surface area contributed by atoms with E-state index in [4.69, 9.17) is 19.7 Å². The lowest BCUT2D eigenvalue weighted by Gasteiger charge is -2.41. The molecular formula is C23H37NO9. The monoisotopic (exact) mass is 471 g/mol. The molecule has 1 aliphatic carbocycles. The molecule has 6 unspecified atom stereocenters. The molecule has 6 N–H and O–H groups in total. The summed E-state index contributed by atoms with van der Waals surface area (Å²) in [6, 6.07) is 7.00. The number of carbonyl (C=O) groups is 1. The fraction of sp³-hybridized carbons (Fsp3) is 0.696. The number of aliphatic carboxylic acids is 1. The van der Waals surface area contributed by atoms with Crippen molar-refractivity contribution in [2.24, 2.45) is 0 Å². The molecule has 33 heavy (non-hydrogen) atoms.